The molecule has 32 heavy (non-hydrogen) atoms. The number of fused-ring (bicyclic) bond motifs is 1. The lowest BCUT2D eigenvalue weighted by atomic mass is 9.78. The molecule has 7 nitrogen and oxygen atoms in total. The van der Waals surface area contributed by atoms with Gasteiger partial charge in [-0.15, -0.1) is 0 Å². The van der Waals surface area contributed by atoms with Gasteiger partial charge in [0.1, 0.15) is 0 Å². The van der Waals surface area contributed by atoms with Crippen molar-refractivity contribution >= 4 is 17.6 Å². The number of carboxylic acids is 1. The lowest BCUT2D eigenvalue weighted by Gasteiger charge is -2.39. The topological polar surface area (TPSA) is 88.4 Å². The lowest BCUT2D eigenvalue weighted by Crippen LogP contribution is -2.46. The molecular weight excluding hydrogens is 408 g/mol. The Labute approximate surface area is 189 Å². The predicted octanol–water partition coefficient (Wildman–Crippen LogP) is 3.57. The van der Waals surface area contributed by atoms with Crippen molar-refractivity contribution in [3.05, 3.63) is 23.3 Å². The molecule has 1 aromatic carbocycles. The molecule has 4 rings (SSSR count). The van der Waals surface area contributed by atoms with Gasteiger partial charge >= 0.3 is 5.97 Å². The summed E-state index contributed by atoms with van der Waals surface area (Å²) in [6, 6.07) is 4.01. The first-order valence-corrected chi connectivity index (χ1v) is 11.8. The summed E-state index contributed by atoms with van der Waals surface area (Å²) in [6.07, 6.45) is 6.64. The molecule has 0 aromatic heterocycles. The van der Waals surface area contributed by atoms with Crippen molar-refractivity contribution in [2.45, 2.75) is 51.4 Å². The Kier molecular flexibility index (Phi) is 7.01. The largest absolute Gasteiger partial charge is 0.493 e. The third kappa shape index (κ3) is 4.76. The average molecular weight is 443 g/mol. The molecule has 0 spiro atoms. The molecule has 2 heterocycles. The maximum absolute atomic E-state index is 13.1. The van der Waals surface area contributed by atoms with Gasteiger partial charge < -0.3 is 19.5 Å². The third-order valence-electron chi connectivity index (χ3n) is 7.40. The second kappa shape index (κ2) is 9.92. The molecule has 1 N–H and O–H groups in total. The fourth-order valence-corrected chi connectivity index (χ4v) is 5.65. The van der Waals surface area contributed by atoms with Crippen LogP contribution in [-0.2, 0) is 16.0 Å². The van der Waals surface area contributed by atoms with Crippen LogP contribution in [0.3, 0.4) is 0 Å². The molecule has 2 atom stereocenters. The fraction of sp³-hybridized carbons (Fsp3) is 0.640. The van der Waals surface area contributed by atoms with Crippen molar-refractivity contribution in [1.82, 2.24) is 4.90 Å². The Morgan fingerprint density at radius 1 is 1.09 bits per heavy atom. The highest BCUT2D eigenvalue weighted by atomic mass is 16.5. The fourth-order valence-electron chi connectivity index (χ4n) is 5.65. The maximum atomic E-state index is 13.1. The summed E-state index contributed by atoms with van der Waals surface area (Å²) >= 11 is 0. The number of nitrogens with zero attached hydrogens (tertiary/aromatic N) is 2. The highest BCUT2D eigenvalue weighted by molar-refractivity contribution is 6.03. The van der Waals surface area contributed by atoms with Crippen LogP contribution >= 0.6 is 0 Å². The van der Waals surface area contributed by atoms with Gasteiger partial charge in [0.15, 0.2) is 11.5 Å². The molecule has 1 aromatic rings. The summed E-state index contributed by atoms with van der Waals surface area (Å²) in [4.78, 5) is 31.4. The van der Waals surface area contributed by atoms with Crippen LogP contribution in [0.2, 0.25) is 0 Å². The number of carbonyl (C=O) groups excluding carboxylic acids is 1. The Bertz CT molecular complexity index is 891. The molecule has 1 aliphatic carbocycles. The third-order valence-corrected chi connectivity index (χ3v) is 7.40. The van der Waals surface area contributed by atoms with Crippen molar-refractivity contribution in [1.29, 1.82) is 0 Å². The first-order chi connectivity index (χ1) is 15.5. The van der Waals surface area contributed by atoms with Crippen molar-refractivity contribution in [2.24, 2.45) is 22.7 Å². The molecule has 3 aliphatic rings. The van der Waals surface area contributed by atoms with E-state index >= 15 is 0 Å². The van der Waals surface area contributed by atoms with Gasteiger partial charge in [0.25, 0.3) is 0 Å². The smallest absolute Gasteiger partial charge is 0.303 e. The molecule has 0 radical (unpaired) electrons. The van der Waals surface area contributed by atoms with Crippen molar-refractivity contribution < 1.29 is 24.2 Å². The Morgan fingerprint density at radius 3 is 2.50 bits per heavy atom. The van der Waals surface area contributed by atoms with E-state index < -0.39 is 5.97 Å². The van der Waals surface area contributed by atoms with Crippen molar-refractivity contribution in [3.8, 4) is 11.5 Å². The highest BCUT2D eigenvalue weighted by Crippen LogP contribution is 2.37. The number of ether oxygens (including phenoxy) is 2. The van der Waals surface area contributed by atoms with Crippen molar-refractivity contribution in [3.63, 3.8) is 0 Å². The molecule has 0 unspecified atom stereocenters. The number of carbonyl (C=O) groups is 2. The van der Waals surface area contributed by atoms with Gasteiger partial charge in [-0.05, 0) is 61.6 Å². The zero-order chi connectivity index (χ0) is 22.7. The Morgan fingerprint density at radius 2 is 1.81 bits per heavy atom. The number of aliphatic carboxylic acids is 1. The number of hydrogen-bond acceptors (Lipinski definition) is 5. The maximum Gasteiger partial charge on any atom is 0.303 e. The van der Waals surface area contributed by atoms with E-state index in [1.54, 1.807) is 14.2 Å². The van der Waals surface area contributed by atoms with Crippen LogP contribution in [0.4, 0.5) is 0 Å². The first-order valence-electron chi connectivity index (χ1n) is 11.8. The van der Waals surface area contributed by atoms with Gasteiger partial charge in [0, 0.05) is 43.2 Å². The molecule has 7 heteroatoms. The second-order valence-electron chi connectivity index (χ2n) is 9.32. The number of carboxylic acid groups (broad SMARTS) is 1. The van der Waals surface area contributed by atoms with Crippen LogP contribution in [0.5, 0.6) is 11.5 Å². The van der Waals surface area contributed by atoms with E-state index in [1.807, 2.05) is 17.0 Å². The van der Waals surface area contributed by atoms with E-state index in [4.69, 9.17) is 14.5 Å². The van der Waals surface area contributed by atoms with E-state index in [-0.39, 0.29) is 30.1 Å². The van der Waals surface area contributed by atoms with E-state index in [2.05, 4.69) is 0 Å². The number of methoxy groups -OCH3 is 2. The summed E-state index contributed by atoms with van der Waals surface area (Å²) in [5.74, 6) is 1.16. The molecule has 1 saturated heterocycles. The van der Waals surface area contributed by atoms with Crippen LogP contribution in [0, 0.1) is 17.8 Å². The van der Waals surface area contributed by atoms with Crippen molar-refractivity contribution in [2.75, 3.05) is 33.9 Å². The summed E-state index contributed by atoms with van der Waals surface area (Å²) in [7, 11) is 3.26. The summed E-state index contributed by atoms with van der Waals surface area (Å²) in [5, 5.41) is 9.48. The van der Waals surface area contributed by atoms with Crippen LogP contribution in [0.1, 0.15) is 56.1 Å². The van der Waals surface area contributed by atoms with Gasteiger partial charge in [0.2, 0.25) is 5.91 Å². The minimum absolute atomic E-state index is 0.0494. The second-order valence-corrected chi connectivity index (χ2v) is 9.32. The monoisotopic (exact) mass is 442 g/mol. The Balaban J connectivity index is 1.56. The molecule has 0 bridgehead atoms. The normalized spacial score (nSPS) is 23.4. The predicted molar refractivity (Wildman–Crippen MR) is 122 cm³/mol. The first kappa shape index (κ1) is 22.6. The van der Waals surface area contributed by atoms with Gasteiger partial charge in [-0.2, -0.15) is 0 Å². The molecule has 174 valence electrons. The van der Waals surface area contributed by atoms with E-state index in [1.165, 1.54) is 5.56 Å². The summed E-state index contributed by atoms with van der Waals surface area (Å²) < 4.78 is 11.0. The Hall–Kier alpha value is -2.57. The van der Waals surface area contributed by atoms with Gasteiger partial charge in [0.05, 0.1) is 14.2 Å². The van der Waals surface area contributed by atoms with Crippen LogP contribution in [-0.4, -0.2) is 61.4 Å². The number of benzene rings is 1. The van der Waals surface area contributed by atoms with Crippen LogP contribution in [0.15, 0.2) is 17.1 Å². The number of amides is 1. The SMILES string of the molecule is COc1cc2c(cc1OC)C(C[C@H]1CN(C(=O)C3CCCC3)CC[C@H]1CC(=O)O)=NCC2. The standard InChI is InChI=1S/C25H34N2O5/c1-31-22-12-18-7-9-26-21(20(18)14-23(22)32-2)11-19-15-27(10-8-17(19)13-24(28)29)25(30)16-5-3-4-6-16/h12,14,16-17,19H,3-11,13,15H2,1-2H3,(H,28,29)/t17-,19-/m0/s1. The molecule has 2 aliphatic heterocycles. The van der Waals surface area contributed by atoms with Gasteiger partial charge in [-0.3, -0.25) is 14.6 Å². The quantitative estimate of drug-likeness (QED) is 0.697. The summed E-state index contributed by atoms with van der Waals surface area (Å²) in [5.41, 5.74) is 3.22. The number of piperidine rings is 1. The van der Waals surface area contributed by atoms with Crippen LogP contribution in [0.25, 0.3) is 0 Å². The number of hydrogen-bond donors (Lipinski definition) is 1. The summed E-state index contributed by atoms with van der Waals surface area (Å²) in [6.45, 7) is 1.99. The lowest BCUT2D eigenvalue weighted by molar-refractivity contribution is -0.141. The average Bonchev–Trinajstić information content (AvgIpc) is 3.33. The molecule has 2 fully saturated rings. The number of likely N-dealkylation sites (tertiary alicyclic amines) is 1. The number of rotatable bonds is 7. The minimum Gasteiger partial charge on any atom is -0.493 e. The molecule has 1 saturated carbocycles. The zero-order valence-electron chi connectivity index (χ0n) is 19.1. The van der Waals surface area contributed by atoms with E-state index in [0.717, 1.165) is 49.8 Å². The van der Waals surface area contributed by atoms with E-state index in [0.29, 0.717) is 37.6 Å². The number of aliphatic imine (C=N–C) groups is 1. The van der Waals surface area contributed by atoms with Gasteiger partial charge in [-0.1, -0.05) is 12.8 Å². The van der Waals surface area contributed by atoms with E-state index in [9.17, 15) is 14.7 Å². The highest BCUT2D eigenvalue weighted by Gasteiger charge is 2.36. The van der Waals surface area contributed by atoms with Gasteiger partial charge in [-0.25, -0.2) is 0 Å². The molecular formula is C25H34N2O5. The minimum atomic E-state index is -0.770. The molecule has 1 amide bonds. The van der Waals surface area contributed by atoms with Crippen LogP contribution < -0.4 is 9.47 Å². The zero-order valence-corrected chi connectivity index (χ0v) is 19.1.